The summed E-state index contributed by atoms with van der Waals surface area (Å²) in [7, 11) is 5.70. The number of nitrogens with two attached hydrogens (primary N) is 1. The number of methoxy groups -OCH3 is 1. The summed E-state index contributed by atoms with van der Waals surface area (Å²) in [6.45, 7) is 0.567. The summed E-state index contributed by atoms with van der Waals surface area (Å²) in [6, 6.07) is 8.29. The third-order valence-corrected chi connectivity index (χ3v) is 2.35. The van der Waals surface area contributed by atoms with E-state index >= 15 is 0 Å². The maximum atomic E-state index is 5.45. The second-order valence-electron chi connectivity index (χ2n) is 3.66. The highest BCUT2D eigenvalue weighted by Crippen LogP contribution is 2.17. The van der Waals surface area contributed by atoms with E-state index < -0.39 is 0 Å². The summed E-state index contributed by atoms with van der Waals surface area (Å²) in [5, 5.41) is 0. The molecule has 0 bridgehead atoms. The average molecular weight is 209 g/mol. The second kappa shape index (κ2) is 5.70. The van der Waals surface area contributed by atoms with Gasteiger partial charge in [0, 0.05) is 26.9 Å². The first-order chi connectivity index (χ1) is 7.19. The summed E-state index contributed by atoms with van der Waals surface area (Å²) in [5.41, 5.74) is 5.03. The lowest BCUT2D eigenvalue weighted by Crippen LogP contribution is -2.31. The monoisotopic (exact) mass is 209 g/mol. The summed E-state index contributed by atoms with van der Waals surface area (Å²) >= 11 is 0. The predicted molar refractivity (Wildman–Crippen MR) is 62.7 cm³/mol. The first-order valence-corrected chi connectivity index (χ1v) is 4.91. The van der Waals surface area contributed by atoms with Gasteiger partial charge in [-0.15, -0.1) is 0 Å². The van der Waals surface area contributed by atoms with Gasteiger partial charge in [-0.3, -0.25) is 11.3 Å². The number of nitrogens with one attached hydrogen (secondary N) is 1. The predicted octanol–water partition coefficient (Wildman–Crippen LogP) is 0.903. The molecule has 0 saturated heterocycles. The fraction of sp³-hybridized carbons (Fsp3) is 0.455. The maximum absolute atomic E-state index is 5.45. The molecule has 0 fully saturated rings. The van der Waals surface area contributed by atoms with E-state index in [-0.39, 0.29) is 6.04 Å². The molecule has 4 nitrogen and oxygen atoms in total. The Morgan fingerprint density at radius 1 is 1.33 bits per heavy atom. The molecule has 0 saturated carbocycles. The minimum Gasteiger partial charge on any atom is -0.383 e. The van der Waals surface area contributed by atoms with Crippen LogP contribution in [0.4, 0.5) is 5.69 Å². The molecule has 1 rings (SSSR count). The molecule has 0 heterocycles. The van der Waals surface area contributed by atoms with Crippen molar-refractivity contribution in [3.63, 3.8) is 0 Å². The van der Waals surface area contributed by atoms with Crippen LogP contribution in [-0.2, 0) is 4.74 Å². The van der Waals surface area contributed by atoms with Gasteiger partial charge in [-0.05, 0) is 17.7 Å². The molecule has 84 valence electrons. The minimum absolute atomic E-state index is 0.0474. The fourth-order valence-corrected chi connectivity index (χ4v) is 1.41. The molecule has 0 aliphatic heterocycles. The van der Waals surface area contributed by atoms with E-state index in [0.29, 0.717) is 6.61 Å². The Hall–Kier alpha value is -1.10. The van der Waals surface area contributed by atoms with E-state index in [1.807, 2.05) is 14.1 Å². The zero-order chi connectivity index (χ0) is 11.3. The topological polar surface area (TPSA) is 50.5 Å². The molecule has 1 atom stereocenters. The quantitative estimate of drug-likeness (QED) is 0.559. The number of anilines is 1. The van der Waals surface area contributed by atoms with Crippen LogP contribution in [0.25, 0.3) is 0 Å². The largest absolute Gasteiger partial charge is 0.383 e. The van der Waals surface area contributed by atoms with Gasteiger partial charge in [-0.2, -0.15) is 0 Å². The van der Waals surface area contributed by atoms with Crippen molar-refractivity contribution >= 4 is 5.69 Å². The third kappa shape index (κ3) is 3.20. The Bertz CT molecular complexity index is 284. The Morgan fingerprint density at radius 2 is 1.93 bits per heavy atom. The van der Waals surface area contributed by atoms with E-state index in [1.54, 1.807) is 7.11 Å². The first kappa shape index (κ1) is 12.0. The van der Waals surface area contributed by atoms with Gasteiger partial charge >= 0.3 is 0 Å². The molecule has 1 unspecified atom stereocenters. The van der Waals surface area contributed by atoms with Gasteiger partial charge in [-0.25, -0.2) is 0 Å². The van der Waals surface area contributed by atoms with E-state index in [0.717, 1.165) is 5.56 Å². The number of benzene rings is 1. The van der Waals surface area contributed by atoms with Crippen LogP contribution in [0.3, 0.4) is 0 Å². The van der Waals surface area contributed by atoms with Gasteiger partial charge < -0.3 is 9.64 Å². The smallest absolute Gasteiger partial charge is 0.0693 e. The molecule has 15 heavy (non-hydrogen) atoms. The maximum Gasteiger partial charge on any atom is 0.0693 e. The molecule has 1 aromatic rings. The number of nitrogens with zero attached hydrogens (tertiary/aromatic N) is 1. The molecule has 1 aromatic carbocycles. The van der Waals surface area contributed by atoms with Crippen molar-refractivity contribution in [3.8, 4) is 0 Å². The summed E-state index contributed by atoms with van der Waals surface area (Å²) < 4.78 is 5.07. The van der Waals surface area contributed by atoms with Crippen molar-refractivity contribution in [2.45, 2.75) is 6.04 Å². The van der Waals surface area contributed by atoms with E-state index in [9.17, 15) is 0 Å². The van der Waals surface area contributed by atoms with Crippen LogP contribution in [0.15, 0.2) is 24.3 Å². The van der Waals surface area contributed by atoms with Crippen LogP contribution in [0.2, 0.25) is 0 Å². The molecular weight excluding hydrogens is 190 g/mol. The first-order valence-electron chi connectivity index (χ1n) is 4.91. The van der Waals surface area contributed by atoms with Gasteiger partial charge in [0.15, 0.2) is 0 Å². The van der Waals surface area contributed by atoms with Gasteiger partial charge in [0.1, 0.15) is 0 Å². The standard InChI is InChI=1S/C11H19N3O/c1-14(2)10-6-4-9(5-7-10)11(13-12)8-15-3/h4-7,11,13H,8,12H2,1-3H3. The van der Waals surface area contributed by atoms with Crippen LogP contribution < -0.4 is 16.2 Å². The van der Waals surface area contributed by atoms with Crippen molar-refractivity contribution in [1.82, 2.24) is 5.43 Å². The highest BCUT2D eigenvalue weighted by atomic mass is 16.5. The lowest BCUT2D eigenvalue weighted by atomic mass is 10.1. The van der Waals surface area contributed by atoms with Crippen LogP contribution in [0, 0.1) is 0 Å². The number of hydrogen-bond donors (Lipinski definition) is 2. The summed E-state index contributed by atoms with van der Waals surface area (Å²) in [5.74, 6) is 5.45. The molecule has 3 N–H and O–H groups in total. The average Bonchev–Trinajstić information content (AvgIpc) is 2.26. The molecular formula is C11H19N3O. The number of hydrazine groups is 1. The number of ether oxygens (including phenoxy) is 1. The SMILES string of the molecule is COCC(NN)c1ccc(N(C)C)cc1. The van der Waals surface area contributed by atoms with Crippen LogP contribution in [0.1, 0.15) is 11.6 Å². The number of rotatable bonds is 5. The minimum atomic E-state index is 0.0474. The molecule has 4 heteroatoms. The van der Waals surface area contributed by atoms with Crippen LogP contribution in [-0.4, -0.2) is 27.8 Å². The Labute approximate surface area is 91.0 Å². The molecule has 0 amide bonds. The molecule has 0 aliphatic rings. The zero-order valence-electron chi connectivity index (χ0n) is 9.53. The molecule has 0 spiro atoms. The van der Waals surface area contributed by atoms with E-state index in [4.69, 9.17) is 10.6 Å². The van der Waals surface area contributed by atoms with Crippen molar-refractivity contribution in [2.24, 2.45) is 5.84 Å². The second-order valence-corrected chi connectivity index (χ2v) is 3.66. The van der Waals surface area contributed by atoms with Gasteiger partial charge in [0.05, 0.1) is 12.6 Å². The van der Waals surface area contributed by atoms with Crippen molar-refractivity contribution in [1.29, 1.82) is 0 Å². The van der Waals surface area contributed by atoms with E-state index in [2.05, 4.69) is 34.6 Å². The van der Waals surface area contributed by atoms with Crippen LogP contribution >= 0.6 is 0 Å². The van der Waals surface area contributed by atoms with Gasteiger partial charge in [0.2, 0.25) is 0 Å². The van der Waals surface area contributed by atoms with Crippen LogP contribution in [0.5, 0.6) is 0 Å². The van der Waals surface area contributed by atoms with Crippen molar-refractivity contribution < 1.29 is 4.74 Å². The van der Waals surface area contributed by atoms with E-state index in [1.165, 1.54) is 5.69 Å². The van der Waals surface area contributed by atoms with Gasteiger partial charge in [0.25, 0.3) is 0 Å². The lowest BCUT2D eigenvalue weighted by Gasteiger charge is -2.17. The Balaban J connectivity index is 2.77. The zero-order valence-corrected chi connectivity index (χ0v) is 9.53. The van der Waals surface area contributed by atoms with Crippen molar-refractivity contribution in [2.75, 3.05) is 32.7 Å². The third-order valence-electron chi connectivity index (χ3n) is 2.35. The molecule has 0 aliphatic carbocycles. The highest BCUT2D eigenvalue weighted by molar-refractivity contribution is 5.46. The van der Waals surface area contributed by atoms with Gasteiger partial charge in [-0.1, -0.05) is 12.1 Å². The normalized spacial score (nSPS) is 12.5. The Morgan fingerprint density at radius 3 is 2.33 bits per heavy atom. The summed E-state index contributed by atoms with van der Waals surface area (Å²) in [6.07, 6.45) is 0. The lowest BCUT2D eigenvalue weighted by molar-refractivity contribution is 0.167. The fourth-order valence-electron chi connectivity index (χ4n) is 1.41. The molecule has 0 radical (unpaired) electrons. The highest BCUT2D eigenvalue weighted by Gasteiger charge is 2.08. The molecule has 0 aromatic heterocycles. The van der Waals surface area contributed by atoms with Crippen molar-refractivity contribution in [3.05, 3.63) is 29.8 Å². The summed E-state index contributed by atoms with van der Waals surface area (Å²) in [4.78, 5) is 2.06. The number of hydrogen-bond acceptors (Lipinski definition) is 4. The Kier molecular flexibility index (Phi) is 4.55.